The molecule has 0 aliphatic carbocycles. The van der Waals surface area contributed by atoms with E-state index in [2.05, 4.69) is 6.92 Å². The highest BCUT2D eigenvalue weighted by Gasteiger charge is 2.35. The second kappa shape index (κ2) is 11.9. The Morgan fingerprint density at radius 2 is 1.75 bits per heavy atom. The van der Waals surface area contributed by atoms with E-state index >= 15 is 0 Å². The molecule has 9 heteroatoms. The normalized spacial score (nSPS) is 19.2. The average molecular weight is 569 g/mol. The van der Waals surface area contributed by atoms with E-state index in [4.69, 9.17) is 16.3 Å². The lowest BCUT2D eigenvalue weighted by molar-refractivity contribution is -0.117. The molecule has 3 aromatic rings. The summed E-state index contributed by atoms with van der Waals surface area (Å²) >= 11 is 6.61. The van der Waals surface area contributed by atoms with Crippen molar-refractivity contribution in [2.24, 2.45) is 17.8 Å². The molecule has 1 saturated heterocycles. The molecule has 0 bridgehead atoms. The van der Waals surface area contributed by atoms with Gasteiger partial charge in [-0.25, -0.2) is 9.18 Å². The number of ether oxygens (including phenoxy) is 1. The van der Waals surface area contributed by atoms with Crippen LogP contribution in [0.25, 0.3) is 10.9 Å². The van der Waals surface area contributed by atoms with Crippen LogP contribution in [-0.4, -0.2) is 52.2 Å². The molecule has 0 spiro atoms. The first kappa shape index (κ1) is 29.5. The molecular formula is C31H34ClFN2O5. The third-order valence-corrected chi connectivity index (χ3v) is 8.03. The third kappa shape index (κ3) is 5.82. The van der Waals surface area contributed by atoms with Crippen LogP contribution < -0.4 is 0 Å². The fraction of sp³-hybridized carbons (Fsp3) is 0.419. The molecule has 1 amide bonds. The molecule has 3 atom stereocenters. The molecular weight excluding hydrogens is 535 g/mol. The topological polar surface area (TPSA) is 85.7 Å². The summed E-state index contributed by atoms with van der Waals surface area (Å²) < 4.78 is 19.6. The third-order valence-electron chi connectivity index (χ3n) is 7.72. The summed E-state index contributed by atoms with van der Waals surface area (Å²) in [5.74, 6) is -1.95. The van der Waals surface area contributed by atoms with Gasteiger partial charge in [0, 0.05) is 30.1 Å². The molecule has 212 valence electrons. The van der Waals surface area contributed by atoms with Crippen LogP contribution >= 0.6 is 11.6 Å². The molecule has 4 rings (SSSR count). The number of ketones is 2. The number of halogens is 2. The minimum Gasteiger partial charge on any atom is -0.449 e. The summed E-state index contributed by atoms with van der Waals surface area (Å²) in [5, 5.41) is 0.412. The number of rotatable bonds is 7. The summed E-state index contributed by atoms with van der Waals surface area (Å²) in [6.45, 7) is 9.61. The quantitative estimate of drug-likeness (QED) is 0.237. The van der Waals surface area contributed by atoms with Crippen LogP contribution in [0.4, 0.5) is 9.18 Å². The summed E-state index contributed by atoms with van der Waals surface area (Å²) in [4.78, 5) is 53.9. The van der Waals surface area contributed by atoms with Crippen molar-refractivity contribution in [3.8, 4) is 0 Å². The number of amides is 1. The number of hydrogen-bond acceptors (Lipinski definition) is 5. The van der Waals surface area contributed by atoms with Crippen LogP contribution in [-0.2, 0) is 16.0 Å². The number of aromatic nitrogens is 1. The van der Waals surface area contributed by atoms with E-state index in [0.717, 1.165) is 23.0 Å². The number of hydrogen-bond donors (Lipinski definition) is 0. The van der Waals surface area contributed by atoms with Crippen LogP contribution in [0.2, 0.25) is 5.02 Å². The number of Topliss-reactive ketones (excluding diaryl/α,β-unsaturated/α-hetero) is 2. The first-order valence-corrected chi connectivity index (χ1v) is 14.0. The molecule has 0 radical (unpaired) electrons. The Kier molecular flexibility index (Phi) is 8.78. The lowest BCUT2D eigenvalue weighted by Crippen LogP contribution is -2.48. The molecule has 1 aliphatic rings. The highest BCUT2D eigenvalue weighted by molar-refractivity contribution is 6.46. The molecule has 2 heterocycles. The van der Waals surface area contributed by atoms with Gasteiger partial charge in [-0.15, -0.1) is 0 Å². The van der Waals surface area contributed by atoms with Crippen molar-refractivity contribution in [1.82, 2.24) is 9.47 Å². The maximum absolute atomic E-state index is 13.8. The van der Waals surface area contributed by atoms with Crippen LogP contribution in [0.1, 0.15) is 67.3 Å². The molecule has 7 nitrogen and oxygen atoms in total. The Bertz CT molecular complexity index is 1460. The van der Waals surface area contributed by atoms with Crippen molar-refractivity contribution in [3.63, 3.8) is 0 Å². The van der Waals surface area contributed by atoms with Crippen molar-refractivity contribution < 1.29 is 28.3 Å². The Morgan fingerprint density at radius 1 is 1.07 bits per heavy atom. The second-order valence-electron chi connectivity index (χ2n) is 10.9. The highest BCUT2D eigenvalue weighted by Crippen LogP contribution is 2.35. The zero-order chi connectivity index (χ0) is 29.3. The Labute approximate surface area is 238 Å². The summed E-state index contributed by atoms with van der Waals surface area (Å²) in [6.07, 6.45) is 2.11. The Balaban J connectivity index is 1.67. The molecule has 1 aliphatic heterocycles. The van der Waals surface area contributed by atoms with E-state index in [-0.39, 0.29) is 57.3 Å². The number of likely N-dealkylation sites (tertiary alicyclic amines) is 1. The number of carbonyl (C=O) groups excluding carboxylic acids is 4. The summed E-state index contributed by atoms with van der Waals surface area (Å²) in [5.41, 5.74) is 1.54. The minimum absolute atomic E-state index is 0.0203. The maximum Gasteiger partial charge on any atom is 0.418 e. The Morgan fingerprint density at radius 3 is 2.38 bits per heavy atom. The van der Waals surface area contributed by atoms with Gasteiger partial charge in [0.2, 0.25) is 11.6 Å². The van der Waals surface area contributed by atoms with E-state index in [0.29, 0.717) is 12.5 Å². The van der Waals surface area contributed by atoms with Crippen molar-refractivity contribution >= 4 is 46.1 Å². The van der Waals surface area contributed by atoms with E-state index < -0.39 is 23.6 Å². The molecule has 1 unspecified atom stereocenters. The predicted molar refractivity (Wildman–Crippen MR) is 151 cm³/mol. The molecule has 2 aromatic carbocycles. The van der Waals surface area contributed by atoms with Gasteiger partial charge in [-0.3, -0.25) is 19.0 Å². The SMILES string of the molecule is CCOC(=O)n1cc(C(=O)C(=O)C(C)C)c2cc(C(=O)N3C[C@H](C)C(Cc4ccc(F)cc4)C[C@H]3C)c(Cl)cc21. The zero-order valence-corrected chi connectivity index (χ0v) is 24.1. The second-order valence-corrected chi connectivity index (χ2v) is 11.3. The van der Waals surface area contributed by atoms with Gasteiger partial charge in [-0.05, 0) is 68.4 Å². The summed E-state index contributed by atoms with van der Waals surface area (Å²) in [7, 11) is 0. The van der Waals surface area contributed by atoms with E-state index in [1.807, 2.05) is 6.92 Å². The van der Waals surface area contributed by atoms with Crippen molar-refractivity contribution in [3.05, 3.63) is 70.1 Å². The lowest BCUT2D eigenvalue weighted by atomic mass is 9.79. The standard InChI is InChI=1S/C31H34ClFN2O5/c1-6-40-31(39)35-16-25(29(37)28(36)17(2)3)23-13-24(26(32)14-27(23)35)30(38)34-15-18(4)21(11-19(34)5)12-20-7-9-22(33)10-8-20/h7-10,13-14,16-19,21H,6,11-12,15H2,1-5H3/t18-,19+,21?/m0/s1. The zero-order valence-electron chi connectivity index (χ0n) is 23.4. The van der Waals surface area contributed by atoms with Gasteiger partial charge in [0.1, 0.15) is 5.82 Å². The van der Waals surface area contributed by atoms with E-state index in [1.165, 1.54) is 30.5 Å². The maximum atomic E-state index is 13.8. The van der Waals surface area contributed by atoms with Gasteiger partial charge in [0.05, 0.1) is 28.3 Å². The smallest absolute Gasteiger partial charge is 0.418 e. The number of nitrogens with zero attached hydrogens (tertiary/aromatic N) is 2. The van der Waals surface area contributed by atoms with Gasteiger partial charge in [0.15, 0.2) is 0 Å². The minimum atomic E-state index is -0.743. The van der Waals surface area contributed by atoms with Crippen LogP contribution in [0, 0.1) is 23.6 Å². The number of fused-ring (bicyclic) bond motifs is 1. The first-order valence-electron chi connectivity index (χ1n) is 13.6. The molecule has 40 heavy (non-hydrogen) atoms. The lowest BCUT2D eigenvalue weighted by Gasteiger charge is -2.42. The number of carbonyl (C=O) groups is 4. The molecule has 0 N–H and O–H groups in total. The van der Waals surface area contributed by atoms with Gasteiger partial charge in [0.25, 0.3) is 5.91 Å². The van der Waals surface area contributed by atoms with Crippen molar-refractivity contribution in [2.75, 3.05) is 13.2 Å². The molecule has 1 aromatic heterocycles. The molecule has 0 saturated carbocycles. The van der Waals surface area contributed by atoms with Gasteiger partial charge >= 0.3 is 6.09 Å². The summed E-state index contributed by atoms with van der Waals surface area (Å²) in [6, 6.07) is 9.39. The van der Waals surface area contributed by atoms with Crippen LogP contribution in [0.3, 0.4) is 0 Å². The van der Waals surface area contributed by atoms with Crippen molar-refractivity contribution in [1.29, 1.82) is 0 Å². The largest absolute Gasteiger partial charge is 0.449 e. The van der Waals surface area contributed by atoms with Crippen LogP contribution in [0.5, 0.6) is 0 Å². The Hall–Kier alpha value is -3.52. The number of piperidine rings is 1. The van der Waals surface area contributed by atoms with E-state index in [9.17, 15) is 23.6 Å². The van der Waals surface area contributed by atoms with Gasteiger partial charge in [-0.1, -0.05) is 44.5 Å². The molecule has 1 fully saturated rings. The van der Waals surface area contributed by atoms with Crippen LogP contribution in [0.15, 0.2) is 42.6 Å². The number of benzene rings is 2. The fourth-order valence-corrected chi connectivity index (χ4v) is 5.65. The monoisotopic (exact) mass is 568 g/mol. The van der Waals surface area contributed by atoms with Crippen molar-refractivity contribution in [2.45, 2.75) is 53.5 Å². The average Bonchev–Trinajstić information content (AvgIpc) is 3.28. The van der Waals surface area contributed by atoms with Gasteiger partial charge in [-0.2, -0.15) is 0 Å². The fourth-order valence-electron chi connectivity index (χ4n) is 5.41. The van der Waals surface area contributed by atoms with E-state index in [1.54, 1.807) is 37.8 Å². The predicted octanol–water partition coefficient (Wildman–Crippen LogP) is 6.58. The first-order chi connectivity index (χ1) is 18.9. The highest BCUT2D eigenvalue weighted by atomic mass is 35.5. The van der Waals surface area contributed by atoms with Gasteiger partial charge < -0.3 is 9.64 Å².